The summed E-state index contributed by atoms with van der Waals surface area (Å²) in [5.41, 5.74) is 7.82. The van der Waals surface area contributed by atoms with Crippen LogP contribution in [-0.2, 0) is 4.74 Å². The van der Waals surface area contributed by atoms with Gasteiger partial charge in [0.25, 0.3) is 0 Å². The lowest BCUT2D eigenvalue weighted by Gasteiger charge is -2.17. The Hall–Kier alpha value is -1.98. The highest BCUT2D eigenvalue weighted by Gasteiger charge is 2.29. The number of aromatic nitrogens is 1. The van der Waals surface area contributed by atoms with Gasteiger partial charge in [0.15, 0.2) is 0 Å². The first kappa shape index (κ1) is 14.9. The number of hydrogen-bond donors (Lipinski definition) is 2. The largest absolute Gasteiger partial charge is 0.462 e. The first-order valence-corrected chi connectivity index (χ1v) is 7.69. The van der Waals surface area contributed by atoms with Crippen molar-refractivity contribution in [3.8, 4) is 0 Å². The van der Waals surface area contributed by atoms with Gasteiger partial charge in [0.05, 0.1) is 17.7 Å². The molecular formula is C17H21N3O2. The minimum absolute atomic E-state index is 0.280. The van der Waals surface area contributed by atoms with Crippen LogP contribution >= 0.6 is 0 Å². The molecule has 0 aliphatic carbocycles. The maximum Gasteiger partial charge on any atom is 0.338 e. The first-order valence-electron chi connectivity index (χ1n) is 7.69. The maximum absolute atomic E-state index is 12.3. The molecule has 0 amide bonds. The Morgan fingerprint density at radius 3 is 2.73 bits per heavy atom. The van der Waals surface area contributed by atoms with E-state index in [-0.39, 0.29) is 5.97 Å². The highest BCUT2D eigenvalue weighted by Crippen LogP contribution is 2.20. The van der Waals surface area contributed by atoms with Crippen molar-refractivity contribution in [2.45, 2.75) is 32.4 Å². The summed E-state index contributed by atoms with van der Waals surface area (Å²) in [6.07, 6.45) is 2.57. The van der Waals surface area contributed by atoms with Crippen LogP contribution in [0.1, 0.15) is 30.6 Å². The number of carbonyl (C=O) groups excluding carboxylic acids is 1. The minimum Gasteiger partial charge on any atom is -0.462 e. The molecule has 22 heavy (non-hydrogen) atoms. The molecule has 0 radical (unpaired) electrons. The summed E-state index contributed by atoms with van der Waals surface area (Å²) in [6, 6.07) is 10.0. The van der Waals surface area contributed by atoms with Crippen LogP contribution in [0.15, 0.2) is 36.5 Å². The van der Waals surface area contributed by atoms with Gasteiger partial charge in [-0.05, 0) is 44.4 Å². The third-order valence-electron chi connectivity index (χ3n) is 4.37. The zero-order chi connectivity index (χ0) is 15.5. The third kappa shape index (κ3) is 2.96. The molecule has 1 saturated heterocycles. The molecule has 2 heterocycles. The fourth-order valence-electron chi connectivity index (χ4n) is 3.06. The lowest BCUT2D eigenvalue weighted by Crippen LogP contribution is -2.30. The molecule has 2 aromatic rings. The quantitative estimate of drug-likeness (QED) is 0.848. The zero-order valence-electron chi connectivity index (χ0n) is 12.9. The fourth-order valence-corrected chi connectivity index (χ4v) is 3.06. The summed E-state index contributed by atoms with van der Waals surface area (Å²) in [5.74, 6) is 0.180. The van der Waals surface area contributed by atoms with Gasteiger partial charge in [0.1, 0.15) is 0 Å². The Morgan fingerprint density at radius 1 is 1.18 bits per heavy atom. The molecule has 0 spiro atoms. The number of rotatable bonds is 4. The van der Waals surface area contributed by atoms with Gasteiger partial charge in [-0.15, -0.1) is 0 Å². The van der Waals surface area contributed by atoms with Crippen molar-refractivity contribution >= 4 is 16.9 Å². The lowest BCUT2D eigenvalue weighted by molar-refractivity contribution is 0.0480. The van der Waals surface area contributed by atoms with Crippen LogP contribution in [0.5, 0.6) is 0 Å². The molecule has 2 N–H and O–H groups in total. The van der Waals surface area contributed by atoms with Crippen molar-refractivity contribution in [3.63, 3.8) is 0 Å². The number of hydrogen-bond acceptors (Lipinski definition) is 5. The fraction of sp³-hybridized carbons (Fsp3) is 0.412. The van der Waals surface area contributed by atoms with Gasteiger partial charge in [0, 0.05) is 23.7 Å². The molecule has 116 valence electrons. The molecule has 1 aromatic heterocycles. The highest BCUT2D eigenvalue weighted by atomic mass is 16.5. The molecule has 1 aliphatic rings. The van der Waals surface area contributed by atoms with Gasteiger partial charge in [-0.2, -0.15) is 0 Å². The van der Waals surface area contributed by atoms with Crippen molar-refractivity contribution in [1.29, 1.82) is 0 Å². The Kier molecular flexibility index (Phi) is 4.36. The molecule has 5 heteroatoms. The van der Waals surface area contributed by atoms with Crippen molar-refractivity contribution in [2.24, 2.45) is 5.92 Å². The van der Waals surface area contributed by atoms with E-state index in [1.807, 2.05) is 24.3 Å². The van der Waals surface area contributed by atoms with Crippen molar-refractivity contribution in [1.82, 2.24) is 15.8 Å². The molecule has 1 fully saturated rings. The zero-order valence-corrected chi connectivity index (χ0v) is 12.9. The van der Waals surface area contributed by atoms with Gasteiger partial charge in [0.2, 0.25) is 0 Å². The van der Waals surface area contributed by atoms with Crippen LogP contribution in [0.25, 0.3) is 10.9 Å². The molecule has 3 rings (SSSR count). The number of esters is 1. The number of ether oxygens (including phenoxy) is 1. The van der Waals surface area contributed by atoms with E-state index in [0.717, 1.165) is 17.3 Å². The van der Waals surface area contributed by atoms with Crippen molar-refractivity contribution < 1.29 is 9.53 Å². The molecule has 2 unspecified atom stereocenters. The van der Waals surface area contributed by atoms with Gasteiger partial charge >= 0.3 is 5.97 Å². The van der Waals surface area contributed by atoms with E-state index >= 15 is 0 Å². The summed E-state index contributed by atoms with van der Waals surface area (Å²) in [5, 5.41) is 0.834. The van der Waals surface area contributed by atoms with Crippen LogP contribution in [0.4, 0.5) is 0 Å². The molecule has 0 bridgehead atoms. The summed E-state index contributed by atoms with van der Waals surface area (Å²) in [4.78, 5) is 16.6. The molecule has 2 atom stereocenters. The number of pyridine rings is 1. The van der Waals surface area contributed by atoms with E-state index in [2.05, 4.69) is 29.7 Å². The number of benzene rings is 1. The Balaban J connectivity index is 1.64. The average molecular weight is 299 g/mol. The predicted octanol–water partition coefficient (Wildman–Crippen LogP) is 2.28. The monoisotopic (exact) mass is 299 g/mol. The number of fused-ring (bicyclic) bond motifs is 1. The van der Waals surface area contributed by atoms with E-state index in [1.54, 1.807) is 12.3 Å². The SMILES string of the molecule is CC1NNC(C)C1CCOC(=O)c1cccc2ncccc12. The summed E-state index contributed by atoms with van der Waals surface area (Å²) < 4.78 is 5.47. The molecule has 0 saturated carbocycles. The maximum atomic E-state index is 12.3. The third-order valence-corrected chi connectivity index (χ3v) is 4.37. The number of hydrazine groups is 1. The van der Waals surface area contributed by atoms with Gasteiger partial charge in [-0.25, -0.2) is 4.79 Å². The smallest absolute Gasteiger partial charge is 0.338 e. The first-order chi connectivity index (χ1) is 10.7. The minimum atomic E-state index is -0.280. The van der Waals surface area contributed by atoms with E-state index in [9.17, 15) is 4.79 Å². The van der Waals surface area contributed by atoms with Gasteiger partial charge in [-0.1, -0.05) is 12.1 Å². The second kappa shape index (κ2) is 6.42. The van der Waals surface area contributed by atoms with E-state index < -0.39 is 0 Å². The topological polar surface area (TPSA) is 63.2 Å². The predicted molar refractivity (Wildman–Crippen MR) is 85.3 cm³/mol. The van der Waals surface area contributed by atoms with Gasteiger partial charge < -0.3 is 4.74 Å². The second-order valence-corrected chi connectivity index (χ2v) is 5.83. The summed E-state index contributed by atoms with van der Waals surface area (Å²) >= 11 is 0. The number of nitrogens with one attached hydrogen (secondary N) is 2. The van der Waals surface area contributed by atoms with Crippen LogP contribution in [0, 0.1) is 5.92 Å². The van der Waals surface area contributed by atoms with E-state index in [1.165, 1.54) is 0 Å². The molecular weight excluding hydrogens is 278 g/mol. The number of carbonyl (C=O) groups is 1. The normalized spacial score (nSPS) is 24.5. The van der Waals surface area contributed by atoms with Gasteiger partial charge in [-0.3, -0.25) is 15.8 Å². The lowest BCUT2D eigenvalue weighted by atomic mass is 9.94. The van der Waals surface area contributed by atoms with Crippen LogP contribution in [0.3, 0.4) is 0 Å². The van der Waals surface area contributed by atoms with E-state index in [4.69, 9.17) is 4.74 Å². The Labute approximate surface area is 130 Å². The average Bonchev–Trinajstić information content (AvgIpc) is 2.86. The van der Waals surface area contributed by atoms with Crippen LogP contribution < -0.4 is 10.9 Å². The summed E-state index contributed by atoms with van der Waals surface area (Å²) in [6.45, 7) is 4.71. The van der Waals surface area contributed by atoms with Crippen molar-refractivity contribution in [3.05, 3.63) is 42.1 Å². The highest BCUT2D eigenvalue weighted by molar-refractivity contribution is 6.03. The standard InChI is InChI=1S/C17H21N3O2/c1-11-13(12(2)20-19-11)8-10-22-17(21)15-5-3-7-16-14(15)6-4-9-18-16/h3-7,9,11-13,19-20H,8,10H2,1-2H3. The second-order valence-electron chi connectivity index (χ2n) is 5.83. The molecule has 1 aromatic carbocycles. The summed E-state index contributed by atoms with van der Waals surface area (Å²) in [7, 11) is 0. The van der Waals surface area contributed by atoms with Crippen molar-refractivity contribution in [2.75, 3.05) is 6.61 Å². The van der Waals surface area contributed by atoms with Crippen LogP contribution in [-0.4, -0.2) is 29.6 Å². The van der Waals surface area contributed by atoms with Crippen LogP contribution in [0.2, 0.25) is 0 Å². The Bertz CT molecular complexity index is 659. The van der Waals surface area contributed by atoms with E-state index in [0.29, 0.717) is 30.2 Å². The molecule has 1 aliphatic heterocycles. The molecule has 5 nitrogen and oxygen atoms in total. The Morgan fingerprint density at radius 2 is 1.95 bits per heavy atom. The number of nitrogens with zero attached hydrogens (tertiary/aromatic N) is 1.